The molecule has 1 N–H and O–H groups in total. The van der Waals surface area contributed by atoms with Crippen LogP contribution in [0.5, 0.6) is 0 Å². The summed E-state index contributed by atoms with van der Waals surface area (Å²) in [6.45, 7) is 1.94. The predicted molar refractivity (Wildman–Crippen MR) is 93.7 cm³/mol. The van der Waals surface area contributed by atoms with Crippen molar-refractivity contribution in [2.75, 3.05) is 14.1 Å². The Balaban J connectivity index is 1.95. The van der Waals surface area contributed by atoms with Gasteiger partial charge in [0, 0.05) is 17.8 Å². The van der Waals surface area contributed by atoms with Crippen LogP contribution in [0.1, 0.15) is 54.4 Å². The largest absolute Gasteiger partial charge is 0.376 e. The van der Waals surface area contributed by atoms with Crippen LogP contribution in [0.25, 0.3) is 0 Å². The molecule has 2 heteroatoms. The van der Waals surface area contributed by atoms with Crippen molar-refractivity contribution in [2.45, 2.75) is 43.2 Å². The Labute approximate surface area is 138 Å². The van der Waals surface area contributed by atoms with E-state index in [9.17, 15) is 5.11 Å². The first-order valence-corrected chi connectivity index (χ1v) is 8.54. The number of rotatable bonds is 3. The SMILES string of the molecule is CN(C)C(C)(O)CC12CCC(c3ccccc31)c1ccccc12. The highest BCUT2D eigenvalue weighted by Gasteiger charge is 2.50. The van der Waals surface area contributed by atoms with Crippen LogP contribution in [0.2, 0.25) is 0 Å². The molecule has 5 rings (SSSR count). The Kier molecular flexibility index (Phi) is 3.20. The summed E-state index contributed by atoms with van der Waals surface area (Å²) in [7, 11) is 3.92. The minimum absolute atomic E-state index is 0.0737. The molecule has 2 nitrogen and oxygen atoms in total. The molecule has 120 valence electrons. The maximum atomic E-state index is 11.0. The van der Waals surface area contributed by atoms with Gasteiger partial charge in [0.2, 0.25) is 0 Å². The molecule has 23 heavy (non-hydrogen) atoms. The standard InChI is InChI=1S/C21H25NO/c1-20(23,22(2)3)14-21-13-12-15(16-8-4-6-10-18(16)21)17-9-5-7-11-19(17)21/h4-11,15,23H,12-14H2,1-3H3. The van der Waals surface area contributed by atoms with Crippen molar-refractivity contribution in [1.82, 2.24) is 4.90 Å². The van der Waals surface area contributed by atoms with Gasteiger partial charge in [0.25, 0.3) is 0 Å². The van der Waals surface area contributed by atoms with Crippen molar-refractivity contribution in [3.63, 3.8) is 0 Å². The monoisotopic (exact) mass is 307 g/mol. The maximum absolute atomic E-state index is 11.0. The minimum Gasteiger partial charge on any atom is -0.376 e. The molecule has 0 spiro atoms. The normalized spacial score (nSPS) is 27.4. The Morgan fingerprint density at radius 1 is 1.04 bits per heavy atom. The lowest BCUT2D eigenvalue weighted by atomic mass is 9.53. The second kappa shape index (κ2) is 4.93. The average Bonchev–Trinajstić information content (AvgIpc) is 2.55. The van der Waals surface area contributed by atoms with Crippen LogP contribution in [0.15, 0.2) is 48.5 Å². The zero-order valence-electron chi connectivity index (χ0n) is 14.2. The fourth-order valence-electron chi connectivity index (χ4n) is 4.77. The van der Waals surface area contributed by atoms with Gasteiger partial charge in [0.15, 0.2) is 0 Å². The molecule has 0 aliphatic heterocycles. The van der Waals surface area contributed by atoms with Gasteiger partial charge in [-0.25, -0.2) is 0 Å². The molecule has 0 fully saturated rings. The minimum atomic E-state index is -0.829. The molecule has 1 unspecified atom stereocenters. The summed E-state index contributed by atoms with van der Waals surface area (Å²) in [5.74, 6) is 0.522. The van der Waals surface area contributed by atoms with Gasteiger partial charge in [-0.1, -0.05) is 48.5 Å². The fourth-order valence-corrected chi connectivity index (χ4v) is 4.77. The van der Waals surface area contributed by atoms with Gasteiger partial charge in [0.05, 0.1) is 0 Å². The van der Waals surface area contributed by atoms with E-state index in [0.717, 1.165) is 12.8 Å². The first-order valence-electron chi connectivity index (χ1n) is 8.54. The van der Waals surface area contributed by atoms with Crippen LogP contribution in [0, 0.1) is 0 Å². The molecule has 1 atom stereocenters. The molecule has 0 aromatic heterocycles. The van der Waals surface area contributed by atoms with Gasteiger partial charge in [0.1, 0.15) is 5.72 Å². The van der Waals surface area contributed by atoms with Crippen LogP contribution in [0.4, 0.5) is 0 Å². The summed E-state index contributed by atoms with van der Waals surface area (Å²) in [4.78, 5) is 1.94. The van der Waals surface area contributed by atoms with Gasteiger partial charge >= 0.3 is 0 Å². The zero-order valence-corrected chi connectivity index (χ0v) is 14.2. The first-order chi connectivity index (χ1) is 11.0. The van der Waals surface area contributed by atoms with Crippen LogP contribution < -0.4 is 0 Å². The molecular weight excluding hydrogens is 282 g/mol. The summed E-state index contributed by atoms with van der Waals surface area (Å²) < 4.78 is 0. The quantitative estimate of drug-likeness (QED) is 0.870. The van der Waals surface area contributed by atoms with Crippen molar-refractivity contribution in [1.29, 1.82) is 0 Å². The number of hydrogen-bond donors (Lipinski definition) is 1. The summed E-state index contributed by atoms with van der Waals surface area (Å²) >= 11 is 0. The van der Waals surface area contributed by atoms with Crippen molar-refractivity contribution < 1.29 is 5.11 Å². The molecule has 2 aromatic carbocycles. The molecule has 0 radical (unpaired) electrons. The number of nitrogens with zero attached hydrogens (tertiary/aromatic N) is 1. The molecule has 3 aliphatic carbocycles. The van der Waals surface area contributed by atoms with E-state index in [1.165, 1.54) is 28.7 Å². The Hall–Kier alpha value is -1.64. The van der Waals surface area contributed by atoms with E-state index in [4.69, 9.17) is 0 Å². The Morgan fingerprint density at radius 3 is 2.09 bits per heavy atom. The van der Waals surface area contributed by atoms with Crippen LogP contribution >= 0.6 is 0 Å². The molecule has 3 aliphatic rings. The van der Waals surface area contributed by atoms with Gasteiger partial charge in [-0.05, 0) is 56.1 Å². The van der Waals surface area contributed by atoms with Gasteiger partial charge in [-0.15, -0.1) is 0 Å². The lowest BCUT2D eigenvalue weighted by Crippen LogP contribution is -2.50. The zero-order chi connectivity index (χ0) is 16.2. The third kappa shape index (κ3) is 2.02. The maximum Gasteiger partial charge on any atom is 0.116 e. The molecule has 0 saturated heterocycles. The lowest BCUT2D eigenvalue weighted by molar-refractivity contribution is -0.0864. The molecule has 0 saturated carbocycles. The molecular formula is C21H25NO. The summed E-state index contributed by atoms with van der Waals surface area (Å²) in [6, 6.07) is 17.7. The lowest BCUT2D eigenvalue weighted by Gasteiger charge is -2.52. The number of fused-ring (bicyclic) bond motifs is 1. The van der Waals surface area contributed by atoms with E-state index >= 15 is 0 Å². The van der Waals surface area contributed by atoms with E-state index in [-0.39, 0.29) is 5.41 Å². The number of aliphatic hydroxyl groups is 1. The Bertz CT molecular complexity index is 700. The van der Waals surface area contributed by atoms with E-state index < -0.39 is 5.72 Å². The van der Waals surface area contributed by atoms with Gasteiger partial charge < -0.3 is 5.11 Å². The highest BCUT2D eigenvalue weighted by atomic mass is 16.3. The summed E-state index contributed by atoms with van der Waals surface area (Å²) in [5.41, 5.74) is 4.88. The van der Waals surface area contributed by atoms with Crippen molar-refractivity contribution >= 4 is 0 Å². The van der Waals surface area contributed by atoms with Gasteiger partial charge in [-0.2, -0.15) is 0 Å². The highest BCUT2D eigenvalue weighted by molar-refractivity contribution is 5.59. The second-order valence-corrected chi connectivity index (χ2v) is 7.64. The molecule has 0 heterocycles. The molecule has 2 bridgehead atoms. The number of hydrogen-bond acceptors (Lipinski definition) is 2. The van der Waals surface area contributed by atoms with E-state index in [1.807, 2.05) is 25.9 Å². The van der Waals surface area contributed by atoms with Crippen LogP contribution in [-0.2, 0) is 5.41 Å². The van der Waals surface area contributed by atoms with Crippen molar-refractivity contribution in [3.05, 3.63) is 70.8 Å². The van der Waals surface area contributed by atoms with E-state index in [0.29, 0.717) is 5.92 Å². The number of benzene rings is 2. The highest BCUT2D eigenvalue weighted by Crippen LogP contribution is 2.58. The first kappa shape index (κ1) is 14.9. The van der Waals surface area contributed by atoms with Crippen LogP contribution in [-0.4, -0.2) is 29.8 Å². The van der Waals surface area contributed by atoms with E-state index in [2.05, 4.69) is 48.5 Å². The second-order valence-electron chi connectivity index (χ2n) is 7.64. The fraction of sp³-hybridized carbons (Fsp3) is 0.429. The third-order valence-corrected chi connectivity index (χ3v) is 6.16. The summed E-state index contributed by atoms with van der Waals surface area (Å²) in [6.07, 6.45) is 3.03. The summed E-state index contributed by atoms with van der Waals surface area (Å²) in [5, 5.41) is 11.0. The van der Waals surface area contributed by atoms with Crippen LogP contribution in [0.3, 0.4) is 0 Å². The average molecular weight is 307 g/mol. The smallest absolute Gasteiger partial charge is 0.116 e. The molecule has 0 amide bonds. The van der Waals surface area contributed by atoms with Crippen molar-refractivity contribution in [3.8, 4) is 0 Å². The predicted octanol–water partition coefficient (Wildman–Crippen LogP) is 3.87. The van der Waals surface area contributed by atoms with E-state index in [1.54, 1.807) is 0 Å². The molecule has 2 aromatic rings. The Morgan fingerprint density at radius 2 is 1.57 bits per heavy atom. The van der Waals surface area contributed by atoms with Crippen molar-refractivity contribution in [2.24, 2.45) is 0 Å². The topological polar surface area (TPSA) is 23.5 Å². The third-order valence-electron chi connectivity index (χ3n) is 6.16. The van der Waals surface area contributed by atoms with Gasteiger partial charge in [-0.3, -0.25) is 4.90 Å².